The minimum atomic E-state index is 0.770. The summed E-state index contributed by atoms with van der Waals surface area (Å²) in [5.74, 6) is 0.997. The number of hydrogen-bond acceptors (Lipinski definition) is 2. The summed E-state index contributed by atoms with van der Waals surface area (Å²) in [4.78, 5) is 0. The van der Waals surface area contributed by atoms with Crippen molar-refractivity contribution in [1.29, 1.82) is 0 Å². The zero-order valence-electron chi connectivity index (χ0n) is 12.2. The number of rotatable bonds is 7. The number of thioether (sulfide) groups is 1. The quantitative estimate of drug-likeness (QED) is 0.722. The molecule has 0 aromatic heterocycles. The van der Waals surface area contributed by atoms with Crippen LogP contribution in [0.3, 0.4) is 0 Å². The van der Waals surface area contributed by atoms with E-state index in [2.05, 4.69) is 44.8 Å². The van der Waals surface area contributed by atoms with E-state index in [4.69, 9.17) is 0 Å². The summed E-state index contributed by atoms with van der Waals surface area (Å²) in [5, 5.41) is 5.38. The fraction of sp³-hybridized carbons (Fsp3) is 1.00. The summed E-state index contributed by atoms with van der Waals surface area (Å²) in [5.41, 5.74) is 0. The SMILES string of the molecule is CCCC1CCC(NCC)C(SC(C)CC)C1. The highest BCUT2D eigenvalue weighted by molar-refractivity contribution is 8.00. The van der Waals surface area contributed by atoms with Crippen LogP contribution in [-0.2, 0) is 0 Å². The first kappa shape index (κ1) is 15.4. The van der Waals surface area contributed by atoms with E-state index in [1.165, 1.54) is 38.5 Å². The molecule has 2 heteroatoms. The summed E-state index contributed by atoms with van der Waals surface area (Å²) in [6.07, 6.45) is 8.39. The lowest BCUT2D eigenvalue weighted by Crippen LogP contribution is -2.43. The molecule has 0 bridgehead atoms. The van der Waals surface area contributed by atoms with Gasteiger partial charge in [0.2, 0.25) is 0 Å². The minimum Gasteiger partial charge on any atom is -0.313 e. The maximum Gasteiger partial charge on any atom is 0.0206 e. The molecular formula is C15H31NS. The molecule has 17 heavy (non-hydrogen) atoms. The Morgan fingerprint density at radius 2 is 2.00 bits per heavy atom. The molecule has 1 aliphatic carbocycles. The highest BCUT2D eigenvalue weighted by atomic mass is 32.2. The summed E-state index contributed by atoms with van der Waals surface area (Å²) < 4.78 is 0. The highest BCUT2D eigenvalue weighted by Crippen LogP contribution is 2.37. The Labute approximate surface area is 113 Å². The molecule has 1 fully saturated rings. The molecule has 4 atom stereocenters. The monoisotopic (exact) mass is 257 g/mol. The van der Waals surface area contributed by atoms with Crippen molar-refractivity contribution in [3.05, 3.63) is 0 Å². The zero-order valence-corrected chi connectivity index (χ0v) is 13.0. The topological polar surface area (TPSA) is 12.0 Å². The third kappa shape index (κ3) is 5.21. The second-order valence-electron chi connectivity index (χ2n) is 5.53. The molecule has 102 valence electrons. The van der Waals surface area contributed by atoms with E-state index in [-0.39, 0.29) is 0 Å². The summed E-state index contributed by atoms with van der Waals surface area (Å²) in [7, 11) is 0. The van der Waals surface area contributed by atoms with E-state index in [1.807, 2.05) is 0 Å². The zero-order chi connectivity index (χ0) is 12.7. The summed E-state index contributed by atoms with van der Waals surface area (Å²) in [6.45, 7) is 10.4. The Bertz CT molecular complexity index is 195. The van der Waals surface area contributed by atoms with Crippen molar-refractivity contribution in [2.75, 3.05) is 6.54 Å². The van der Waals surface area contributed by atoms with Crippen LogP contribution in [0.2, 0.25) is 0 Å². The van der Waals surface area contributed by atoms with Crippen molar-refractivity contribution in [2.45, 2.75) is 82.8 Å². The highest BCUT2D eigenvalue weighted by Gasteiger charge is 2.30. The fourth-order valence-corrected chi connectivity index (χ4v) is 4.52. The molecule has 0 aromatic carbocycles. The smallest absolute Gasteiger partial charge is 0.0206 e. The molecule has 1 saturated carbocycles. The lowest BCUT2D eigenvalue weighted by molar-refractivity contribution is 0.289. The molecule has 0 saturated heterocycles. The van der Waals surface area contributed by atoms with Gasteiger partial charge in [-0.3, -0.25) is 0 Å². The lowest BCUT2D eigenvalue weighted by Gasteiger charge is -2.37. The van der Waals surface area contributed by atoms with Crippen LogP contribution in [0.15, 0.2) is 0 Å². The second kappa shape index (κ2) is 8.42. The van der Waals surface area contributed by atoms with E-state index in [0.29, 0.717) is 0 Å². The Hall–Kier alpha value is 0.310. The fourth-order valence-electron chi connectivity index (χ4n) is 2.92. The van der Waals surface area contributed by atoms with Gasteiger partial charge < -0.3 is 5.32 Å². The van der Waals surface area contributed by atoms with Crippen molar-refractivity contribution >= 4 is 11.8 Å². The predicted octanol–water partition coefficient (Wildman–Crippen LogP) is 4.47. The first-order valence-corrected chi connectivity index (χ1v) is 8.54. The number of hydrogen-bond donors (Lipinski definition) is 1. The number of nitrogens with one attached hydrogen (secondary N) is 1. The molecule has 1 nitrogen and oxygen atoms in total. The molecule has 0 spiro atoms. The van der Waals surface area contributed by atoms with Crippen LogP contribution >= 0.6 is 11.8 Å². The molecule has 0 aliphatic heterocycles. The molecule has 1 N–H and O–H groups in total. The van der Waals surface area contributed by atoms with Crippen molar-refractivity contribution in [1.82, 2.24) is 5.32 Å². The van der Waals surface area contributed by atoms with Gasteiger partial charge in [-0.05, 0) is 38.1 Å². The van der Waals surface area contributed by atoms with Gasteiger partial charge in [-0.2, -0.15) is 11.8 Å². The van der Waals surface area contributed by atoms with Gasteiger partial charge in [0.1, 0.15) is 0 Å². The van der Waals surface area contributed by atoms with Crippen molar-refractivity contribution in [2.24, 2.45) is 5.92 Å². The average Bonchev–Trinajstić information content (AvgIpc) is 2.33. The van der Waals surface area contributed by atoms with Crippen LogP contribution in [0.25, 0.3) is 0 Å². The third-order valence-electron chi connectivity index (χ3n) is 4.05. The summed E-state index contributed by atoms with van der Waals surface area (Å²) in [6, 6.07) is 0.770. The molecular weight excluding hydrogens is 226 g/mol. The lowest BCUT2D eigenvalue weighted by atomic mass is 9.83. The largest absolute Gasteiger partial charge is 0.313 e. The predicted molar refractivity (Wildman–Crippen MR) is 80.8 cm³/mol. The Morgan fingerprint density at radius 1 is 1.24 bits per heavy atom. The molecule has 1 aliphatic rings. The minimum absolute atomic E-state index is 0.770. The summed E-state index contributed by atoms with van der Waals surface area (Å²) >= 11 is 2.24. The van der Waals surface area contributed by atoms with Gasteiger partial charge in [0.05, 0.1) is 0 Å². The Balaban J connectivity index is 2.49. The van der Waals surface area contributed by atoms with Crippen LogP contribution < -0.4 is 5.32 Å². The van der Waals surface area contributed by atoms with Crippen LogP contribution in [-0.4, -0.2) is 23.1 Å². The normalized spacial score (nSPS) is 31.4. The molecule has 1 rings (SSSR count). The second-order valence-corrected chi connectivity index (χ2v) is 7.21. The van der Waals surface area contributed by atoms with Crippen LogP contribution in [0.1, 0.15) is 66.2 Å². The first-order chi connectivity index (χ1) is 8.21. The molecule has 4 unspecified atom stereocenters. The Kier molecular flexibility index (Phi) is 7.61. The van der Waals surface area contributed by atoms with Crippen LogP contribution in [0.4, 0.5) is 0 Å². The third-order valence-corrected chi connectivity index (χ3v) is 5.71. The van der Waals surface area contributed by atoms with E-state index in [0.717, 1.165) is 29.0 Å². The van der Waals surface area contributed by atoms with E-state index in [9.17, 15) is 0 Å². The van der Waals surface area contributed by atoms with Crippen molar-refractivity contribution in [3.63, 3.8) is 0 Å². The standard InChI is InChI=1S/C15H31NS/c1-5-8-13-9-10-14(16-7-3)15(11-13)17-12(4)6-2/h12-16H,5-11H2,1-4H3. The van der Waals surface area contributed by atoms with Crippen LogP contribution in [0, 0.1) is 5.92 Å². The van der Waals surface area contributed by atoms with Gasteiger partial charge in [0.25, 0.3) is 0 Å². The average molecular weight is 257 g/mol. The van der Waals surface area contributed by atoms with Crippen molar-refractivity contribution < 1.29 is 0 Å². The van der Waals surface area contributed by atoms with Gasteiger partial charge in [0, 0.05) is 16.5 Å². The van der Waals surface area contributed by atoms with Gasteiger partial charge in [-0.1, -0.05) is 40.5 Å². The van der Waals surface area contributed by atoms with E-state index >= 15 is 0 Å². The maximum atomic E-state index is 3.71. The van der Waals surface area contributed by atoms with Gasteiger partial charge in [0.15, 0.2) is 0 Å². The molecule has 0 radical (unpaired) electrons. The van der Waals surface area contributed by atoms with Crippen molar-refractivity contribution in [3.8, 4) is 0 Å². The maximum absolute atomic E-state index is 3.71. The van der Waals surface area contributed by atoms with Gasteiger partial charge in [-0.25, -0.2) is 0 Å². The molecule has 0 amide bonds. The first-order valence-electron chi connectivity index (χ1n) is 7.60. The molecule has 0 aromatic rings. The van der Waals surface area contributed by atoms with E-state index < -0.39 is 0 Å². The Morgan fingerprint density at radius 3 is 2.59 bits per heavy atom. The van der Waals surface area contributed by atoms with Crippen LogP contribution in [0.5, 0.6) is 0 Å². The van der Waals surface area contributed by atoms with Gasteiger partial charge in [-0.15, -0.1) is 0 Å². The van der Waals surface area contributed by atoms with Gasteiger partial charge >= 0.3 is 0 Å². The van der Waals surface area contributed by atoms with E-state index in [1.54, 1.807) is 0 Å². The molecule has 0 heterocycles.